The number of carbonyl (C=O) groups is 3. The topological polar surface area (TPSA) is 148 Å². The zero-order chi connectivity index (χ0) is 29.4. The number of aromatic nitrogens is 3. The number of rotatable bonds is 11. The van der Waals surface area contributed by atoms with Gasteiger partial charge in [0.15, 0.2) is 0 Å². The van der Waals surface area contributed by atoms with Crippen LogP contribution in [0, 0.1) is 11.8 Å². The summed E-state index contributed by atoms with van der Waals surface area (Å²) in [5.41, 5.74) is 0.866. The highest BCUT2D eigenvalue weighted by Crippen LogP contribution is 2.60. The summed E-state index contributed by atoms with van der Waals surface area (Å²) in [6.07, 6.45) is 0.817. The molecule has 222 valence electrons. The summed E-state index contributed by atoms with van der Waals surface area (Å²) in [5, 5.41) is 23.5. The van der Waals surface area contributed by atoms with Crippen LogP contribution >= 0.6 is 15.9 Å². The molecule has 3 amide bonds. The minimum absolute atomic E-state index is 0.0258. The Kier molecular flexibility index (Phi) is 7.90. The lowest BCUT2D eigenvalue weighted by molar-refractivity contribution is -0.141. The van der Waals surface area contributed by atoms with Crippen molar-refractivity contribution in [2.45, 2.75) is 55.4 Å². The van der Waals surface area contributed by atoms with Crippen molar-refractivity contribution in [3.05, 3.63) is 48.5 Å². The van der Waals surface area contributed by atoms with Gasteiger partial charge in [-0.3, -0.25) is 14.4 Å². The molecule has 2 bridgehead atoms. The number of fused-ring (bicyclic) bond motifs is 2. The maximum atomic E-state index is 14.0. The Morgan fingerprint density at radius 1 is 1.17 bits per heavy atom. The first-order valence-corrected chi connectivity index (χ1v) is 15.1. The third-order valence-electron chi connectivity index (χ3n) is 8.40. The number of aliphatic hydroxyl groups is 1. The fourth-order valence-electron chi connectivity index (χ4n) is 6.67. The first-order chi connectivity index (χ1) is 20.4. The second-order valence-electron chi connectivity index (χ2n) is 10.8. The number of amides is 3. The number of hydrogen-bond donors (Lipinski definition) is 3. The Morgan fingerprint density at radius 2 is 1.95 bits per heavy atom. The fourth-order valence-corrected chi connectivity index (χ4v) is 7.62. The number of halogens is 1. The number of para-hydroxylation sites is 1. The first kappa shape index (κ1) is 28.6. The van der Waals surface area contributed by atoms with Crippen molar-refractivity contribution >= 4 is 50.4 Å². The van der Waals surface area contributed by atoms with E-state index in [1.54, 1.807) is 28.9 Å². The Balaban J connectivity index is 1.26. The van der Waals surface area contributed by atoms with Crippen molar-refractivity contribution in [2.24, 2.45) is 11.8 Å². The molecule has 6 rings (SSSR count). The van der Waals surface area contributed by atoms with Gasteiger partial charge in [-0.15, -0.1) is 5.10 Å². The van der Waals surface area contributed by atoms with Crippen molar-refractivity contribution in [1.82, 2.24) is 25.2 Å². The summed E-state index contributed by atoms with van der Waals surface area (Å²) in [6.45, 7) is 2.72. The molecule has 2 aromatic carbocycles. The van der Waals surface area contributed by atoms with Gasteiger partial charge in [0.1, 0.15) is 29.6 Å². The van der Waals surface area contributed by atoms with Gasteiger partial charge in [0.05, 0.1) is 30.1 Å². The highest BCUT2D eigenvalue weighted by atomic mass is 79.9. The van der Waals surface area contributed by atoms with Gasteiger partial charge in [-0.05, 0) is 62.6 Å². The summed E-state index contributed by atoms with van der Waals surface area (Å²) in [7, 11) is 0. The molecular weight excluding hydrogens is 608 g/mol. The van der Waals surface area contributed by atoms with Gasteiger partial charge in [0.25, 0.3) is 0 Å². The monoisotopic (exact) mass is 640 g/mol. The number of nitrogens with one attached hydrogen (secondary N) is 2. The molecule has 0 saturated carbocycles. The number of hydrogen-bond acceptors (Lipinski definition) is 8. The Labute approximate surface area is 250 Å². The number of likely N-dealkylation sites (tertiary alicyclic amines) is 1. The van der Waals surface area contributed by atoms with E-state index in [0.29, 0.717) is 42.8 Å². The molecule has 42 heavy (non-hydrogen) atoms. The number of alkyl halides is 1. The number of aliphatic hydroxyl groups excluding tert-OH is 1. The molecule has 4 heterocycles. The molecule has 12 nitrogen and oxygen atoms in total. The average molecular weight is 642 g/mol. The number of anilines is 1. The normalized spacial score (nSPS) is 27.8. The standard InChI is InChI=1S/C29H33BrN6O6/c1-2-41-18-11-9-17(10-12-18)32-26(38)22-23-28(40)35(13-5-6-14-37)25(29(23)15-19(30)24(22)42-29)27(39)31-16-36-21-8-4-3-7-20(21)33-34-36/h3-4,7-12,19,22-25,37H,2,5-6,13-16H2,1H3,(H,31,39)(H,32,38)/t19?,22-,23+,24-,25?,29?/m1/s1. The van der Waals surface area contributed by atoms with Crippen LogP contribution in [0.4, 0.5) is 5.69 Å². The van der Waals surface area contributed by atoms with Crippen molar-refractivity contribution in [3.8, 4) is 5.75 Å². The Hall–Kier alpha value is -3.55. The molecule has 6 atom stereocenters. The van der Waals surface area contributed by atoms with Crippen LogP contribution in [0.1, 0.15) is 26.2 Å². The second kappa shape index (κ2) is 11.6. The molecule has 0 radical (unpaired) electrons. The lowest BCUT2D eigenvalue weighted by atomic mass is 9.70. The molecule has 0 aliphatic carbocycles. The Morgan fingerprint density at radius 3 is 2.71 bits per heavy atom. The Bertz CT molecular complexity index is 1480. The van der Waals surface area contributed by atoms with E-state index in [1.165, 1.54) is 4.90 Å². The van der Waals surface area contributed by atoms with E-state index in [4.69, 9.17) is 9.47 Å². The number of unbranched alkanes of at least 4 members (excludes halogenated alkanes) is 1. The third kappa shape index (κ3) is 4.82. The van der Waals surface area contributed by atoms with Gasteiger partial charge < -0.3 is 30.1 Å². The minimum Gasteiger partial charge on any atom is -0.494 e. The summed E-state index contributed by atoms with van der Waals surface area (Å²) in [6, 6.07) is 13.5. The molecule has 3 aliphatic rings. The molecule has 1 aromatic heterocycles. The SMILES string of the molecule is CCOc1ccc(NC(=O)[C@H]2[C@@H]3OC4(CC3Br)C(C(=O)NCn3nnc5ccccc53)N(CCCCO)C(=O)[C@H]24)cc1. The summed E-state index contributed by atoms with van der Waals surface area (Å²) < 4.78 is 13.6. The highest BCUT2D eigenvalue weighted by Gasteiger charge is 2.76. The molecule has 3 unspecified atom stereocenters. The average Bonchev–Trinajstić information content (AvgIpc) is 3.70. The molecule has 3 N–H and O–H groups in total. The molecule has 3 aromatic rings. The van der Waals surface area contributed by atoms with E-state index in [-0.39, 0.29) is 42.4 Å². The zero-order valence-electron chi connectivity index (χ0n) is 23.1. The summed E-state index contributed by atoms with van der Waals surface area (Å²) >= 11 is 3.69. The molecule has 13 heteroatoms. The van der Waals surface area contributed by atoms with Crippen LogP contribution in [0.2, 0.25) is 0 Å². The van der Waals surface area contributed by atoms with Gasteiger partial charge >= 0.3 is 0 Å². The van der Waals surface area contributed by atoms with Crippen LogP contribution in [0.25, 0.3) is 11.0 Å². The van der Waals surface area contributed by atoms with Crippen molar-refractivity contribution in [3.63, 3.8) is 0 Å². The van der Waals surface area contributed by atoms with E-state index in [1.807, 2.05) is 31.2 Å². The lowest BCUT2D eigenvalue weighted by Crippen LogP contribution is -2.56. The van der Waals surface area contributed by atoms with Gasteiger partial charge in [0, 0.05) is 23.7 Å². The van der Waals surface area contributed by atoms with Crippen molar-refractivity contribution in [2.75, 3.05) is 25.1 Å². The van der Waals surface area contributed by atoms with Crippen LogP contribution in [0.15, 0.2) is 48.5 Å². The van der Waals surface area contributed by atoms with Crippen LogP contribution < -0.4 is 15.4 Å². The van der Waals surface area contributed by atoms with E-state index < -0.39 is 29.6 Å². The van der Waals surface area contributed by atoms with E-state index in [0.717, 1.165) is 5.52 Å². The molecule has 3 saturated heterocycles. The molecule has 3 fully saturated rings. The van der Waals surface area contributed by atoms with Crippen LogP contribution in [-0.2, 0) is 25.8 Å². The van der Waals surface area contributed by atoms with Crippen LogP contribution in [0.3, 0.4) is 0 Å². The largest absolute Gasteiger partial charge is 0.494 e. The van der Waals surface area contributed by atoms with Crippen LogP contribution in [0.5, 0.6) is 5.75 Å². The number of benzene rings is 2. The van der Waals surface area contributed by atoms with Crippen molar-refractivity contribution < 1.29 is 29.0 Å². The van der Waals surface area contributed by atoms with Crippen molar-refractivity contribution in [1.29, 1.82) is 0 Å². The van der Waals surface area contributed by atoms with E-state index >= 15 is 0 Å². The lowest BCUT2D eigenvalue weighted by Gasteiger charge is -2.34. The minimum atomic E-state index is -1.18. The van der Waals surface area contributed by atoms with Gasteiger partial charge in [-0.1, -0.05) is 33.3 Å². The number of nitrogens with zero attached hydrogens (tertiary/aromatic N) is 4. The number of ether oxygens (including phenoxy) is 2. The zero-order valence-corrected chi connectivity index (χ0v) is 24.7. The second-order valence-corrected chi connectivity index (χ2v) is 12.0. The highest BCUT2D eigenvalue weighted by molar-refractivity contribution is 9.09. The van der Waals surface area contributed by atoms with Gasteiger partial charge in [-0.2, -0.15) is 0 Å². The van der Waals surface area contributed by atoms with Crippen LogP contribution in [-0.4, -0.2) is 85.1 Å². The van der Waals surface area contributed by atoms with E-state index in [9.17, 15) is 19.5 Å². The predicted octanol–water partition coefficient (Wildman–Crippen LogP) is 2.06. The number of carbonyl (C=O) groups excluding carboxylic acids is 3. The molecular formula is C29H33BrN6O6. The smallest absolute Gasteiger partial charge is 0.247 e. The van der Waals surface area contributed by atoms with E-state index in [2.05, 4.69) is 36.9 Å². The third-order valence-corrected chi connectivity index (χ3v) is 9.25. The summed E-state index contributed by atoms with van der Waals surface area (Å²) in [4.78, 5) is 43.0. The maximum Gasteiger partial charge on any atom is 0.247 e. The predicted molar refractivity (Wildman–Crippen MR) is 156 cm³/mol. The maximum absolute atomic E-state index is 14.0. The van der Waals surface area contributed by atoms with Gasteiger partial charge in [-0.25, -0.2) is 4.68 Å². The summed E-state index contributed by atoms with van der Waals surface area (Å²) in [5.74, 6) is -1.93. The molecule has 1 spiro atoms. The first-order valence-electron chi connectivity index (χ1n) is 14.2. The molecule has 3 aliphatic heterocycles. The quantitative estimate of drug-likeness (QED) is 0.213. The fraction of sp³-hybridized carbons (Fsp3) is 0.483. The van der Waals surface area contributed by atoms with Gasteiger partial charge in [0.2, 0.25) is 17.7 Å².